The smallest absolute Gasteiger partial charge is 0.264 e. The average Bonchev–Trinajstić information content (AvgIpc) is 3.06. The normalized spacial score (nSPS) is 12.5. The van der Waals surface area contributed by atoms with Crippen molar-refractivity contribution in [1.82, 2.24) is 10.2 Å². The van der Waals surface area contributed by atoms with E-state index in [0.717, 1.165) is 21.0 Å². The second kappa shape index (κ2) is 16.5. The Balaban J connectivity index is 1.81. The molecular formula is C37H42ClN3O5S. The molecule has 2 amide bonds. The first kappa shape index (κ1) is 35.5. The number of amides is 2. The summed E-state index contributed by atoms with van der Waals surface area (Å²) in [6, 6.07) is 28.5. The number of nitrogens with zero attached hydrogens (tertiary/aromatic N) is 2. The molecule has 0 saturated carbocycles. The van der Waals surface area contributed by atoms with E-state index in [-0.39, 0.29) is 35.5 Å². The molecule has 4 rings (SSSR count). The van der Waals surface area contributed by atoms with E-state index in [0.29, 0.717) is 23.8 Å². The summed E-state index contributed by atoms with van der Waals surface area (Å²) in [7, 11) is -4.25. The van der Waals surface area contributed by atoms with E-state index < -0.39 is 28.5 Å². The van der Waals surface area contributed by atoms with Gasteiger partial charge in [0.25, 0.3) is 10.0 Å². The molecule has 0 unspecified atom stereocenters. The van der Waals surface area contributed by atoms with Gasteiger partial charge in [-0.1, -0.05) is 78.7 Å². The number of carbonyl (C=O) groups is 2. The molecule has 0 aliphatic carbocycles. The summed E-state index contributed by atoms with van der Waals surface area (Å²) in [4.78, 5) is 30.0. The van der Waals surface area contributed by atoms with Gasteiger partial charge in [0.15, 0.2) is 0 Å². The molecule has 1 N–H and O–H groups in total. The summed E-state index contributed by atoms with van der Waals surface area (Å²) in [6.07, 6.45) is 0.953. The summed E-state index contributed by atoms with van der Waals surface area (Å²) in [6.45, 7) is 7.70. The molecule has 4 aromatic carbocycles. The third kappa shape index (κ3) is 9.59. The van der Waals surface area contributed by atoms with Crippen LogP contribution in [-0.2, 0) is 32.6 Å². The standard InChI is InChI=1S/C37H42ClN3O5S/c1-5-28(4)39-37(43)35(24-29-12-8-7-9-13-29)40(25-30-14-10-11-27(3)23-30)36(42)26-41(32-17-19-33(20-18-32)46-6-2)47(44,45)34-21-15-31(38)16-22-34/h7-23,28,35H,5-6,24-26H2,1-4H3,(H,39,43)/t28-,35+/m1/s1. The van der Waals surface area contributed by atoms with Gasteiger partial charge >= 0.3 is 0 Å². The van der Waals surface area contributed by atoms with E-state index in [1.165, 1.54) is 29.2 Å². The van der Waals surface area contributed by atoms with E-state index >= 15 is 0 Å². The Labute approximate surface area is 283 Å². The molecule has 0 radical (unpaired) electrons. The lowest BCUT2D eigenvalue weighted by atomic mass is 10.0. The number of hydrogen-bond acceptors (Lipinski definition) is 5. The fourth-order valence-corrected chi connectivity index (χ4v) is 6.68. The first-order valence-electron chi connectivity index (χ1n) is 15.7. The Hall–Kier alpha value is -4.34. The minimum atomic E-state index is -4.25. The third-order valence-electron chi connectivity index (χ3n) is 7.82. The number of sulfonamides is 1. The maximum atomic E-state index is 14.6. The minimum absolute atomic E-state index is 0.0239. The van der Waals surface area contributed by atoms with Crippen molar-refractivity contribution in [2.45, 2.75) is 64.1 Å². The quantitative estimate of drug-likeness (QED) is 0.150. The molecule has 47 heavy (non-hydrogen) atoms. The van der Waals surface area contributed by atoms with Crippen LogP contribution in [0.4, 0.5) is 5.69 Å². The highest BCUT2D eigenvalue weighted by Gasteiger charge is 2.35. The van der Waals surface area contributed by atoms with E-state index in [2.05, 4.69) is 5.32 Å². The summed E-state index contributed by atoms with van der Waals surface area (Å²) in [5.41, 5.74) is 2.97. The number of rotatable bonds is 15. The maximum Gasteiger partial charge on any atom is 0.264 e. The number of ether oxygens (including phenoxy) is 1. The predicted molar refractivity (Wildman–Crippen MR) is 187 cm³/mol. The molecule has 0 fully saturated rings. The van der Waals surface area contributed by atoms with Crippen LogP contribution in [0.15, 0.2) is 108 Å². The topological polar surface area (TPSA) is 96.0 Å². The second-order valence-corrected chi connectivity index (χ2v) is 13.7. The van der Waals surface area contributed by atoms with Gasteiger partial charge in [-0.2, -0.15) is 0 Å². The highest BCUT2D eigenvalue weighted by atomic mass is 35.5. The predicted octanol–water partition coefficient (Wildman–Crippen LogP) is 6.80. The Morgan fingerprint density at radius 3 is 2.15 bits per heavy atom. The maximum absolute atomic E-state index is 14.6. The molecule has 0 bridgehead atoms. The molecule has 248 valence electrons. The number of nitrogens with one attached hydrogen (secondary N) is 1. The number of hydrogen-bond donors (Lipinski definition) is 1. The zero-order chi connectivity index (χ0) is 34.0. The minimum Gasteiger partial charge on any atom is -0.494 e. The molecule has 2 atom stereocenters. The Morgan fingerprint density at radius 2 is 1.53 bits per heavy atom. The molecule has 8 nitrogen and oxygen atoms in total. The summed E-state index contributed by atoms with van der Waals surface area (Å²) < 4.78 is 35.0. The van der Waals surface area contributed by atoms with Crippen LogP contribution in [0.25, 0.3) is 0 Å². The van der Waals surface area contributed by atoms with E-state index in [1.807, 2.05) is 82.3 Å². The SMILES string of the molecule is CCOc1ccc(N(CC(=O)N(Cc2cccc(C)c2)[C@@H](Cc2ccccc2)C(=O)N[C@H](C)CC)S(=O)(=O)c2ccc(Cl)cc2)cc1. The first-order chi connectivity index (χ1) is 22.5. The lowest BCUT2D eigenvalue weighted by Crippen LogP contribution is -2.54. The van der Waals surface area contributed by atoms with E-state index in [4.69, 9.17) is 16.3 Å². The van der Waals surface area contributed by atoms with Gasteiger partial charge in [-0.15, -0.1) is 0 Å². The largest absolute Gasteiger partial charge is 0.494 e. The average molecular weight is 676 g/mol. The number of aryl methyl sites for hydroxylation is 1. The van der Waals surface area contributed by atoms with Crippen LogP contribution < -0.4 is 14.4 Å². The van der Waals surface area contributed by atoms with Crippen molar-refractivity contribution in [3.8, 4) is 5.75 Å². The lowest BCUT2D eigenvalue weighted by Gasteiger charge is -2.34. The summed E-state index contributed by atoms with van der Waals surface area (Å²) >= 11 is 6.08. The van der Waals surface area contributed by atoms with Gasteiger partial charge < -0.3 is 15.0 Å². The van der Waals surface area contributed by atoms with Gasteiger partial charge in [0, 0.05) is 24.0 Å². The molecule has 0 aliphatic heterocycles. The van der Waals surface area contributed by atoms with Crippen molar-refractivity contribution in [3.05, 3.63) is 125 Å². The van der Waals surface area contributed by atoms with Crippen molar-refractivity contribution < 1.29 is 22.7 Å². The highest BCUT2D eigenvalue weighted by molar-refractivity contribution is 7.92. The van der Waals surface area contributed by atoms with Crippen molar-refractivity contribution in [1.29, 1.82) is 0 Å². The fraction of sp³-hybridized carbons (Fsp3) is 0.297. The molecule has 0 aromatic heterocycles. The number of carbonyl (C=O) groups excluding carboxylic acids is 2. The van der Waals surface area contributed by atoms with Crippen molar-refractivity contribution in [2.24, 2.45) is 0 Å². The molecule has 0 heterocycles. The molecule has 0 aliphatic rings. The van der Waals surface area contributed by atoms with Gasteiger partial charge in [0.1, 0.15) is 18.3 Å². The van der Waals surface area contributed by atoms with E-state index in [1.54, 1.807) is 24.3 Å². The van der Waals surface area contributed by atoms with Gasteiger partial charge in [-0.05, 0) is 86.8 Å². The summed E-state index contributed by atoms with van der Waals surface area (Å²) in [5, 5.41) is 3.44. The van der Waals surface area contributed by atoms with Crippen LogP contribution in [0, 0.1) is 6.92 Å². The Kier molecular flexibility index (Phi) is 12.4. The summed E-state index contributed by atoms with van der Waals surface area (Å²) in [5.74, 6) is -0.271. The van der Waals surface area contributed by atoms with Crippen LogP contribution in [0.3, 0.4) is 0 Å². The number of halogens is 1. The van der Waals surface area contributed by atoms with E-state index in [9.17, 15) is 18.0 Å². The molecule has 4 aromatic rings. The van der Waals surface area contributed by atoms with Crippen molar-refractivity contribution in [3.63, 3.8) is 0 Å². The van der Waals surface area contributed by atoms with Crippen LogP contribution in [0.2, 0.25) is 5.02 Å². The van der Waals surface area contributed by atoms with Gasteiger partial charge in [-0.25, -0.2) is 8.42 Å². The molecule has 0 spiro atoms. The third-order valence-corrected chi connectivity index (χ3v) is 9.86. The highest BCUT2D eigenvalue weighted by Crippen LogP contribution is 2.28. The first-order valence-corrected chi connectivity index (χ1v) is 17.5. The zero-order valence-electron chi connectivity index (χ0n) is 27.2. The van der Waals surface area contributed by atoms with Gasteiger partial charge in [-0.3, -0.25) is 13.9 Å². The molecular weight excluding hydrogens is 634 g/mol. The number of anilines is 1. The van der Waals surface area contributed by atoms with Crippen molar-refractivity contribution in [2.75, 3.05) is 17.5 Å². The molecule has 0 saturated heterocycles. The van der Waals surface area contributed by atoms with Crippen LogP contribution in [-0.4, -0.2) is 50.4 Å². The lowest BCUT2D eigenvalue weighted by molar-refractivity contribution is -0.140. The van der Waals surface area contributed by atoms with Crippen molar-refractivity contribution >= 4 is 39.1 Å². The Bertz CT molecular complexity index is 1730. The Morgan fingerprint density at radius 1 is 0.872 bits per heavy atom. The monoisotopic (exact) mass is 675 g/mol. The van der Waals surface area contributed by atoms with Crippen LogP contribution in [0.1, 0.15) is 43.9 Å². The second-order valence-electron chi connectivity index (χ2n) is 11.4. The number of benzene rings is 4. The zero-order valence-corrected chi connectivity index (χ0v) is 28.8. The van der Waals surface area contributed by atoms with Crippen LogP contribution in [0.5, 0.6) is 5.75 Å². The fourth-order valence-electron chi connectivity index (χ4n) is 5.14. The van der Waals surface area contributed by atoms with Crippen LogP contribution >= 0.6 is 11.6 Å². The van der Waals surface area contributed by atoms with Gasteiger partial charge in [0.05, 0.1) is 17.2 Å². The molecule has 10 heteroatoms. The van der Waals surface area contributed by atoms with Gasteiger partial charge in [0.2, 0.25) is 11.8 Å².